The first-order chi connectivity index (χ1) is 13.8. The molecule has 156 valence electrons. The number of hydrogen-bond donors (Lipinski definition) is 1. The minimum absolute atomic E-state index is 0.180. The van der Waals surface area contributed by atoms with Gasteiger partial charge in [0.25, 0.3) is 5.91 Å². The lowest BCUT2D eigenvalue weighted by Gasteiger charge is -2.32. The number of carbonyl (C=O) groups is 1. The van der Waals surface area contributed by atoms with E-state index >= 15 is 0 Å². The van der Waals surface area contributed by atoms with Crippen LogP contribution < -0.4 is 14.2 Å². The van der Waals surface area contributed by atoms with E-state index < -0.39 is 10.0 Å². The van der Waals surface area contributed by atoms with Crippen LogP contribution in [0.4, 0.5) is 0 Å². The van der Waals surface area contributed by atoms with Crippen molar-refractivity contribution in [1.29, 1.82) is 0 Å². The number of carbonyl (C=O) groups excluding carboxylic acids is 1. The van der Waals surface area contributed by atoms with E-state index in [1.807, 2.05) is 0 Å². The van der Waals surface area contributed by atoms with Crippen molar-refractivity contribution in [1.82, 2.24) is 9.62 Å². The van der Waals surface area contributed by atoms with Crippen LogP contribution in [0.5, 0.6) is 11.5 Å². The van der Waals surface area contributed by atoms with Gasteiger partial charge in [-0.2, -0.15) is 0 Å². The summed E-state index contributed by atoms with van der Waals surface area (Å²) in [5.74, 6) is 0.870. The largest absolute Gasteiger partial charge is 0.497 e. The van der Waals surface area contributed by atoms with Crippen molar-refractivity contribution in [2.24, 2.45) is 0 Å². The third-order valence-corrected chi connectivity index (χ3v) is 6.64. The molecular weight excluding hydrogens is 416 g/mol. The van der Waals surface area contributed by atoms with Gasteiger partial charge < -0.3 is 14.4 Å². The molecule has 1 amide bonds. The first-order valence-electron chi connectivity index (χ1n) is 9.13. The third kappa shape index (κ3) is 5.01. The molecule has 0 radical (unpaired) electrons. The van der Waals surface area contributed by atoms with Crippen molar-refractivity contribution in [2.45, 2.75) is 23.8 Å². The molecule has 0 unspecified atom stereocenters. The van der Waals surface area contributed by atoms with Gasteiger partial charge in [0.1, 0.15) is 11.5 Å². The Labute approximate surface area is 175 Å². The molecule has 2 aromatic carbocycles. The quantitative estimate of drug-likeness (QED) is 0.749. The number of sulfonamides is 1. The Balaban J connectivity index is 1.63. The number of likely N-dealkylation sites (tertiary alicyclic amines) is 1. The Morgan fingerprint density at radius 3 is 2.31 bits per heavy atom. The highest BCUT2D eigenvalue weighted by atomic mass is 35.5. The number of halogens is 1. The standard InChI is InChI=1S/C20H23ClN2O5S/c1-27-16-4-6-17(7-5-16)29(25,26)22-15-9-11-23(12-10-15)20(24)18-13-14(21)3-8-19(18)28-2/h3-8,13,15,22H,9-12H2,1-2H3. The van der Waals surface area contributed by atoms with E-state index in [0.717, 1.165) is 0 Å². The van der Waals surface area contributed by atoms with Gasteiger partial charge in [-0.05, 0) is 55.3 Å². The van der Waals surface area contributed by atoms with E-state index in [0.29, 0.717) is 48.0 Å². The molecule has 0 aliphatic carbocycles. The zero-order valence-electron chi connectivity index (χ0n) is 16.2. The summed E-state index contributed by atoms with van der Waals surface area (Å²) in [6, 6.07) is 10.9. The second-order valence-electron chi connectivity index (χ2n) is 6.71. The van der Waals surface area contributed by atoms with Gasteiger partial charge in [-0.1, -0.05) is 11.6 Å². The Bertz CT molecular complexity index is 971. The smallest absolute Gasteiger partial charge is 0.257 e. The number of piperidine rings is 1. The van der Waals surface area contributed by atoms with Crippen molar-refractivity contribution in [3.05, 3.63) is 53.1 Å². The predicted octanol–water partition coefficient (Wildman–Crippen LogP) is 2.94. The number of nitrogens with zero attached hydrogens (tertiary/aromatic N) is 1. The zero-order valence-corrected chi connectivity index (χ0v) is 17.8. The summed E-state index contributed by atoms with van der Waals surface area (Å²) < 4.78 is 38.2. The summed E-state index contributed by atoms with van der Waals surface area (Å²) in [6.07, 6.45) is 1.04. The highest BCUT2D eigenvalue weighted by Gasteiger charge is 2.28. The van der Waals surface area contributed by atoms with Crippen molar-refractivity contribution < 1.29 is 22.7 Å². The Hall–Kier alpha value is -2.29. The van der Waals surface area contributed by atoms with E-state index in [9.17, 15) is 13.2 Å². The summed E-state index contributed by atoms with van der Waals surface area (Å²) in [6.45, 7) is 0.870. The highest BCUT2D eigenvalue weighted by molar-refractivity contribution is 7.89. The number of nitrogens with one attached hydrogen (secondary N) is 1. The molecule has 0 atom stereocenters. The first-order valence-corrected chi connectivity index (χ1v) is 11.0. The maximum Gasteiger partial charge on any atom is 0.257 e. The number of hydrogen-bond acceptors (Lipinski definition) is 5. The van der Waals surface area contributed by atoms with Crippen molar-refractivity contribution in [3.8, 4) is 11.5 Å². The molecule has 1 aliphatic rings. The SMILES string of the molecule is COc1ccc(S(=O)(=O)NC2CCN(C(=O)c3cc(Cl)ccc3OC)CC2)cc1. The predicted molar refractivity (Wildman–Crippen MR) is 110 cm³/mol. The number of amides is 1. The van der Waals surface area contributed by atoms with Crippen LogP contribution in [0.15, 0.2) is 47.4 Å². The average Bonchev–Trinajstić information content (AvgIpc) is 2.73. The van der Waals surface area contributed by atoms with Crippen LogP contribution in [0.3, 0.4) is 0 Å². The normalized spacial score (nSPS) is 15.2. The van der Waals surface area contributed by atoms with Gasteiger partial charge in [-0.25, -0.2) is 13.1 Å². The second-order valence-corrected chi connectivity index (χ2v) is 8.86. The average molecular weight is 439 g/mol. The number of benzene rings is 2. The van der Waals surface area contributed by atoms with Crippen LogP contribution >= 0.6 is 11.6 Å². The zero-order chi connectivity index (χ0) is 21.0. The lowest BCUT2D eigenvalue weighted by molar-refractivity contribution is 0.0708. The summed E-state index contributed by atoms with van der Waals surface area (Å²) in [7, 11) is -0.614. The number of rotatable bonds is 6. The fourth-order valence-electron chi connectivity index (χ4n) is 3.26. The highest BCUT2D eigenvalue weighted by Crippen LogP contribution is 2.26. The van der Waals surface area contributed by atoms with Crippen molar-refractivity contribution >= 4 is 27.5 Å². The van der Waals surface area contributed by atoms with Gasteiger partial charge in [0.05, 0.1) is 24.7 Å². The van der Waals surface area contributed by atoms with Crippen LogP contribution in [0.1, 0.15) is 23.2 Å². The third-order valence-electron chi connectivity index (χ3n) is 4.87. The maximum absolute atomic E-state index is 12.8. The first kappa shape index (κ1) is 21.4. The molecule has 1 fully saturated rings. The monoisotopic (exact) mass is 438 g/mol. The molecule has 29 heavy (non-hydrogen) atoms. The van der Waals surface area contributed by atoms with Crippen LogP contribution in [-0.2, 0) is 10.0 Å². The van der Waals surface area contributed by atoms with Crippen LogP contribution in [0.2, 0.25) is 5.02 Å². The number of ether oxygens (including phenoxy) is 2. The minimum atomic E-state index is -3.64. The maximum atomic E-state index is 12.8. The molecule has 0 spiro atoms. The molecule has 0 aromatic heterocycles. The van der Waals surface area contributed by atoms with Crippen molar-refractivity contribution in [2.75, 3.05) is 27.3 Å². The fraction of sp³-hybridized carbons (Fsp3) is 0.350. The molecule has 0 saturated carbocycles. The van der Waals surface area contributed by atoms with Gasteiger partial charge in [0, 0.05) is 24.2 Å². The topological polar surface area (TPSA) is 84.9 Å². The molecule has 1 heterocycles. The Kier molecular flexibility index (Phi) is 6.66. The van der Waals surface area contributed by atoms with E-state index in [1.54, 1.807) is 35.2 Å². The Morgan fingerprint density at radius 1 is 1.07 bits per heavy atom. The van der Waals surface area contributed by atoms with Gasteiger partial charge >= 0.3 is 0 Å². The van der Waals surface area contributed by atoms with Gasteiger partial charge in [-0.3, -0.25) is 4.79 Å². The summed E-state index contributed by atoms with van der Waals surface area (Å²) in [5.41, 5.74) is 0.400. The minimum Gasteiger partial charge on any atom is -0.497 e. The lowest BCUT2D eigenvalue weighted by Crippen LogP contribution is -2.46. The van der Waals surface area contributed by atoms with E-state index in [1.165, 1.54) is 26.4 Å². The molecule has 2 aromatic rings. The van der Waals surface area contributed by atoms with Crippen molar-refractivity contribution in [3.63, 3.8) is 0 Å². The van der Waals surface area contributed by atoms with Crippen LogP contribution in [0.25, 0.3) is 0 Å². The van der Waals surface area contributed by atoms with Gasteiger partial charge in [0.15, 0.2) is 0 Å². The molecule has 1 N–H and O–H groups in total. The van der Waals surface area contributed by atoms with E-state index in [-0.39, 0.29) is 16.8 Å². The van der Waals surface area contributed by atoms with E-state index in [4.69, 9.17) is 21.1 Å². The molecule has 1 aliphatic heterocycles. The fourth-order valence-corrected chi connectivity index (χ4v) is 4.74. The van der Waals surface area contributed by atoms with Gasteiger partial charge in [-0.15, -0.1) is 0 Å². The summed E-state index contributed by atoms with van der Waals surface area (Å²) >= 11 is 6.02. The summed E-state index contributed by atoms with van der Waals surface area (Å²) in [4.78, 5) is 14.7. The van der Waals surface area contributed by atoms with Gasteiger partial charge in [0.2, 0.25) is 10.0 Å². The summed E-state index contributed by atoms with van der Waals surface area (Å²) in [5, 5.41) is 0.455. The number of methoxy groups -OCH3 is 2. The lowest BCUT2D eigenvalue weighted by atomic mass is 10.0. The molecule has 7 nitrogen and oxygen atoms in total. The molecule has 0 bridgehead atoms. The molecule has 9 heteroatoms. The second kappa shape index (κ2) is 9.02. The van der Waals surface area contributed by atoms with E-state index in [2.05, 4.69) is 4.72 Å². The van der Waals surface area contributed by atoms with Crippen LogP contribution in [-0.4, -0.2) is 52.6 Å². The van der Waals surface area contributed by atoms with Crippen LogP contribution in [0, 0.1) is 0 Å². The Morgan fingerprint density at radius 2 is 1.72 bits per heavy atom. The molecule has 3 rings (SSSR count). The molecule has 1 saturated heterocycles. The molecular formula is C20H23ClN2O5S.